The number of aromatic nitrogens is 2. The van der Waals surface area contributed by atoms with Gasteiger partial charge in [0.1, 0.15) is 11.4 Å². The largest absolute Gasteiger partial charge is 0.493 e. The van der Waals surface area contributed by atoms with E-state index in [0.29, 0.717) is 18.2 Å². The summed E-state index contributed by atoms with van der Waals surface area (Å²) >= 11 is 0. The molecule has 5 heteroatoms. The number of rotatable bonds is 4. The van der Waals surface area contributed by atoms with Gasteiger partial charge in [0.25, 0.3) is 5.91 Å². The molecule has 2 heterocycles. The Labute approximate surface area is 136 Å². The van der Waals surface area contributed by atoms with Gasteiger partial charge < -0.3 is 14.2 Å². The second kappa shape index (κ2) is 6.86. The SMILES string of the molecule is Cc1cccc(OC[C@H]2CCCN(C(=O)c3cn(C)cn3)C2)c1. The molecule has 122 valence electrons. The van der Waals surface area contributed by atoms with Crippen LogP contribution in [0, 0.1) is 12.8 Å². The quantitative estimate of drug-likeness (QED) is 0.872. The summed E-state index contributed by atoms with van der Waals surface area (Å²) in [7, 11) is 1.87. The lowest BCUT2D eigenvalue weighted by atomic mass is 9.98. The Kier molecular flexibility index (Phi) is 4.65. The van der Waals surface area contributed by atoms with Crippen LogP contribution in [-0.4, -0.2) is 40.1 Å². The monoisotopic (exact) mass is 313 g/mol. The number of aryl methyl sites for hydroxylation is 2. The number of nitrogens with zero attached hydrogens (tertiary/aromatic N) is 3. The van der Waals surface area contributed by atoms with Crippen LogP contribution in [0.2, 0.25) is 0 Å². The van der Waals surface area contributed by atoms with Crippen molar-refractivity contribution < 1.29 is 9.53 Å². The maximum absolute atomic E-state index is 12.5. The number of hydrogen-bond acceptors (Lipinski definition) is 3. The summed E-state index contributed by atoms with van der Waals surface area (Å²) in [5, 5.41) is 0. The van der Waals surface area contributed by atoms with Crippen LogP contribution < -0.4 is 4.74 Å². The van der Waals surface area contributed by atoms with Crippen LogP contribution >= 0.6 is 0 Å². The van der Waals surface area contributed by atoms with Gasteiger partial charge in [-0.05, 0) is 37.5 Å². The number of carbonyl (C=O) groups is 1. The van der Waals surface area contributed by atoms with Gasteiger partial charge in [-0.1, -0.05) is 12.1 Å². The molecule has 1 saturated heterocycles. The fourth-order valence-electron chi connectivity index (χ4n) is 2.99. The fraction of sp³-hybridized carbons (Fsp3) is 0.444. The number of amides is 1. The van der Waals surface area contributed by atoms with Crippen molar-refractivity contribution in [2.75, 3.05) is 19.7 Å². The highest BCUT2D eigenvalue weighted by molar-refractivity contribution is 5.92. The third-order valence-electron chi connectivity index (χ3n) is 4.21. The number of carbonyl (C=O) groups excluding carboxylic acids is 1. The smallest absolute Gasteiger partial charge is 0.274 e. The number of piperidine rings is 1. The van der Waals surface area contributed by atoms with Crippen molar-refractivity contribution in [2.24, 2.45) is 13.0 Å². The van der Waals surface area contributed by atoms with E-state index >= 15 is 0 Å². The van der Waals surface area contributed by atoms with Crippen LogP contribution in [0.15, 0.2) is 36.8 Å². The molecule has 0 aliphatic carbocycles. The number of ether oxygens (including phenoxy) is 1. The molecule has 0 N–H and O–H groups in total. The summed E-state index contributed by atoms with van der Waals surface area (Å²) in [5.74, 6) is 1.29. The van der Waals surface area contributed by atoms with E-state index in [1.54, 1.807) is 17.1 Å². The first kappa shape index (κ1) is 15.6. The summed E-state index contributed by atoms with van der Waals surface area (Å²) in [5.41, 5.74) is 1.71. The molecule has 1 aromatic carbocycles. The Morgan fingerprint density at radius 3 is 3.04 bits per heavy atom. The molecule has 2 aromatic rings. The lowest BCUT2D eigenvalue weighted by molar-refractivity contribution is 0.0628. The zero-order valence-electron chi connectivity index (χ0n) is 13.7. The van der Waals surface area contributed by atoms with Crippen LogP contribution in [-0.2, 0) is 7.05 Å². The van der Waals surface area contributed by atoms with E-state index < -0.39 is 0 Å². The van der Waals surface area contributed by atoms with Crippen molar-refractivity contribution in [3.63, 3.8) is 0 Å². The summed E-state index contributed by atoms with van der Waals surface area (Å²) in [6.07, 6.45) is 5.54. The first-order chi connectivity index (χ1) is 11.1. The first-order valence-electron chi connectivity index (χ1n) is 8.08. The van der Waals surface area contributed by atoms with Crippen molar-refractivity contribution in [3.8, 4) is 5.75 Å². The standard InChI is InChI=1S/C18H23N3O2/c1-14-5-3-7-16(9-14)23-12-15-6-4-8-21(10-15)18(22)17-11-20(2)13-19-17/h3,5,7,9,11,13,15H,4,6,8,10,12H2,1-2H3/t15-/m0/s1. The van der Waals surface area contributed by atoms with Crippen molar-refractivity contribution in [1.29, 1.82) is 0 Å². The number of imidazole rings is 1. The molecule has 5 nitrogen and oxygen atoms in total. The second-order valence-electron chi connectivity index (χ2n) is 6.31. The van der Waals surface area contributed by atoms with Gasteiger partial charge in [-0.2, -0.15) is 0 Å². The molecule has 0 bridgehead atoms. The Bertz CT molecular complexity index is 680. The molecule has 1 fully saturated rings. The Morgan fingerprint density at radius 2 is 2.30 bits per heavy atom. The molecule has 1 aliphatic heterocycles. The Balaban J connectivity index is 1.56. The van der Waals surface area contributed by atoms with Crippen molar-refractivity contribution in [1.82, 2.24) is 14.5 Å². The van der Waals surface area contributed by atoms with E-state index in [9.17, 15) is 4.79 Å². The average Bonchev–Trinajstić information content (AvgIpc) is 2.99. The van der Waals surface area contributed by atoms with E-state index in [4.69, 9.17) is 4.74 Å². The minimum absolute atomic E-state index is 0.0193. The third kappa shape index (κ3) is 3.92. The summed E-state index contributed by atoms with van der Waals surface area (Å²) in [4.78, 5) is 18.5. The lowest BCUT2D eigenvalue weighted by Crippen LogP contribution is -2.41. The van der Waals surface area contributed by atoms with Gasteiger partial charge in [0, 0.05) is 32.3 Å². The van der Waals surface area contributed by atoms with Gasteiger partial charge in [-0.15, -0.1) is 0 Å². The second-order valence-corrected chi connectivity index (χ2v) is 6.31. The van der Waals surface area contributed by atoms with Crippen molar-refractivity contribution in [2.45, 2.75) is 19.8 Å². The molecule has 0 unspecified atom stereocenters. The molecule has 0 radical (unpaired) electrons. The van der Waals surface area contributed by atoms with Gasteiger partial charge in [0.15, 0.2) is 0 Å². The maximum Gasteiger partial charge on any atom is 0.274 e. The normalized spacial score (nSPS) is 18.0. The number of benzene rings is 1. The number of hydrogen-bond donors (Lipinski definition) is 0. The highest BCUT2D eigenvalue weighted by atomic mass is 16.5. The van der Waals surface area contributed by atoms with Crippen LogP contribution in [0.1, 0.15) is 28.9 Å². The molecule has 0 saturated carbocycles. The average molecular weight is 313 g/mol. The number of likely N-dealkylation sites (tertiary alicyclic amines) is 1. The van der Waals surface area contributed by atoms with E-state index in [2.05, 4.69) is 18.0 Å². The van der Waals surface area contributed by atoms with E-state index in [-0.39, 0.29) is 5.91 Å². The minimum Gasteiger partial charge on any atom is -0.493 e. The molecule has 0 spiro atoms. The molecule has 1 aliphatic rings. The van der Waals surface area contributed by atoms with Crippen molar-refractivity contribution in [3.05, 3.63) is 48.0 Å². The van der Waals surface area contributed by atoms with Gasteiger partial charge in [-0.3, -0.25) is 4.79 Å². The third-order valence-corrected chi connectivity index (χ3v) is 4.21. The molecular formula is C18H23N3O2. The Hall–Kier alpha value is -2.30. The highest BCUT2D eigenvalue weighted by Crippen LogP contribution is 2.20. The zero-order valence-corrected chi connectivity index (χ0v) is 13.7. The topological polar surface area (TPSA) is 47.4 Å². The fourth-order valence-corrected chi connectivity index (χ4v) is 2.99. The van der Waals surface area contributed by atoms with E-state index in [0.717, 1.165) is 31.7 Å². The first-order valence-corrected chi connectivity index (χ1v) is 8.08. The predicted octanol–water partition coefficient (Wildman–Crippen LogP) is 2.66. The lowest BCUT2D eigenvalue weighted by Gasteiger charge is -2.32. The molecule has 1 aromatic heterocycles. The zero-order chi connectivity index (χ0) is 16.2. The van der Waals surface area contributed by atoms with Gasteiger partial charge in [0.05, 0.1) is 12.9 Å². The van der Waals surface area contributed by atoms with Crippen LogP contribution in [0.5, 0.6) is 5.75 Å². The predicted molar refractivity (Wildman–Crippen MR) is 88.5 cm³/mol. The molecule has 23 heavy (non-hydrogen) atoms. The van der Waals surface area contributed by atoms with Crippen LogP contribution in [0.3, 0.4) is 0 Å². The summed E-state index contributed by atoms with van der Waals surface area (Å²) < 4.78 is 7.71. The molecular weight excluding hydrogens is 290 g/mol. The van der Waals surface area contributed by atoms with Gasteiger partial charge in [0.2, 0.25) is 0 Å². The van der Waals surface area contributed by atoms with Gasteiger partial charge >= 0.3 is 0 Å². The van der Waals surface area contributed by atoms with Crippen LogP contribution in [0.4, 0.5) is 0 Å². The Morgan fingerprint density at radius 1 is 1.43 bits per heavy atom. The van der Waals surface area contributed by atoms with Crippen molar-refractivity contribution >= 4 is 5.91 Å². The maximum atomic E-state index is 12.5. The van der Waals surface area contributed by atoms with Crippen LogP contribution in [0.25, 0.3) is 0 Å². The van der Waals surface area contributed by atoms with E-state index in [1.165, 1.54) is 5.56 Å². The summed E-state index contributed by atoms with van der Waals surface area (Å²) in [6.45, 7) is 4.24. The van der Waals surface area contributed by atoms with Gasteiger partial charge in [-0.25, -0.2) is 4.98 Å². The van der Waals surface area contributed by atoms with E-state index in [1.807, 2.05) is 30.1 Å². The minimum atomic E-state index is 0.0193. The molecule has 1 amide bonds. The summed E-state index contributed by atoms with van der Waals surface area (Å²) in [6, 6.07) is 8.08. The molecule has 1 atom stereocenters. The highest BCUT2D eigenvalue weighted by Gasteiger charge is 2.26. The molecule has 3 rings (SSSR count).